The Morgan fingerprint density at radius 1 is 1.12 bits per heavy atom. The maximum atomic E-state index is 6.25. The normalized spacial score (nSPS) is 65.6. The third kappa shape index (κ3) is 0.699. The topological polar surface area (TPSA) is 18.5 Å². The molecule has 7 atom stereocenters. The monoisotopic (exact) mass is 232 g/mol. The van der Waals surface area contributed by atoms with E-state index >= 15 is 0 Å². The lowest BCUT2D eigenvalue weighted by atomic mass is 9.66. The third-order valence-corrected chi connectivity index (χ3v) is 6.93. The van der Waals surface area contributed by atoms with Crippen molar-refractivity contribution in [3.8, 4) is 0 Å². The van der Waals surface area contributed by atoms with Crippen LogP contribution in [0, 0.1) is 29.1 Å². The molecule has 4 fully saturated rings. The van der Waals surface area contributed by atoms with Gasteiger partial charge in [-0.05, 0) is 37.5 Å². The van der Waals surface area contributed by atoms with Gasteiger partial charge in [0.25, 0.3) is 0 Å². The van der Waals surface area contributed by atoms with Gasteiger partial charge in [-0.1, -0.05) is 12.2 Å². The zero-order valence-electron chi connectivity index (χ0n) is 10.4. The van der Waals surface area contributed by atoms with E-state index in [1.165, 1.54) is 25.7 Å². The van der Waals surface area contributed by atoms with Crippen molar-refractivity contribution < 1.29 is 9.47 Å². The predicted octanol–water partition coefficient (Wildman–Crippen LogP) is 2.39. The third-order valence-electron chi connectivity index (χ3n) is 6.93. The second-order valence-electron chi connectivity index (χ2n) is 6.79. The van der Waals surface area contributed by atoms with Crippen LogP contribution in [0.5, 0.6) is 0 Å². The first-order valence-corrected chi connectivity index (χ1v) is 7.19. The van der Waals surface area contributed by atoms with Gasteiger partial charge in [-0.15, -0.1) is 0 Å². The minimum atomic E-state index is 0.125. The summed E-state index contributed by atoms with van der Waals surface area (Å²) in [6, 6.07) is 0. The molecule has 0 N–H and O–H groups in total. The van der Waals surface area contributed by atoms with Crippen molar-refractivity contribution in [3.05, 3.63) is 12.2 Å². The van der Waals surface area contributed by atoms with Gasteiger partial charge < -0.3 is 9.47 Å². The van der Waals surface area contributed by atoms with Gasteiger partial charge in [0.2, 0.25) is 0 Å². The van der Waals surface area contributed by atoms with Gasteiger partial charge in [-0.2, -0.15) is 0 Å². The van der Waals surface area contributed by atoms with Crippen LogP contribution in [-0.4, -0.2) is 25.4 Å². The summed E-state index contributed by atoms with van der Waals surface area (Å²) in [6.07, 6.45) is 10.8. The predicted molar refractivity (Wildman–Crippen MR) is 63.5 cm³/mol. The van der Waals surface area contributed by atoms with Gasteiger partial charge >= 0.3 is 0 Å². The van der Waals surface area contributed by atoms with Crippen LogP contribution >= 0.6 is 0 Å². The lowest BCUT2D eigenvalue weighted by Crippen LogP contribution is -2.53. The molecule has 3 saturated carbocycles. The fraction of sp³-hybridized carbons (Fsp3) is 0.867. The minimum Gasteiger partial charge on any atom is -0.377 e. The van der Waals surface area contributed by atoms with Gasteiger partial charge in [-0.3, -0.25) is 0 Å². The number of ether oxygens (including phenoxy) is 2. The first kappa shape index (κ1) is 9.57. The first-order chi connectivity index (χ1) is 8.34. The fourth-order valence-corrected chi connectivity index (χ4v) is 6.82. The summed E-state index contributed by atoms with van der Waals surface area (Å²) in [7, 11) is 1.96. The standard InChI is InChI=1S/C15H20O2/c1-16-15-10-2-3-11(15)7-12-8-17-13-5-4-9(6-10)14(12,13)15/h2-3,9-13H,4-8H2,1H3/t9-,10-,11+,12+,13+,14-,15-/m0/s1. The maximum absolute atomic E-state index is 6.25. The molecule has 1 spiro atoms. The molecular formula is C15H20O2. The van der Waals surface area contributed by atoms with Crippen LogP contribution in [0.3, 0.4) is 0 Å². The van der Waals surface area contributed by atoms with Crippen molar-refractivity contribution in [2.75, 3.05) is 13.7 Å². The highest BCUT2D eigenvalue weighted by Crippen LogP contribution is 2.77. The van der Waals surface area contributed by atoms with Crippen LogP contribution in [-0.2, 0) is 9.47 Å². The van der Waals surface area contributed by atoms with Crippen LogP contribution in [0.2, 0.25) is 0 Å². The van der Waals surface area contributed by atoms with E-state index in [4.69, 9.17) is 9.47 Å². The molecule has 0 aromatic rings. The van der Waals surface area contributed by atoms with E-state index in [9.17, 15) is 0 Å². The molecule has 2 nitrogen and oxygen atoms in total. The Bertz CT molecular complexity index is 385. The smallest absolute Gasteiger partial charge is 0.0890 e. The lowest BCUT2D eigenvalue weighted by molar-refractivity contribution is -0.134. The molecule has 0 radical (unpaired) electrons. The zero-order chi connectivity index (χ0) is 11.3. The van der Waals surface area contributed by atoms with Crippen molar-refractivity contribution in [1.29, 1.82) is 0 Å². The van der Waals surface area contributed by atoms with E-state index in [1.54, 1.807) is 0 Å². The summed E-state index contributed by atoms with van der Waals surface area (Å²) < 4.78 is 12.4. The highest BCUT2D eigenvalue weighted by atomic mass is 16.5. The molecule has 1 aliphatic heterocycles. The average molecular weight is 232 g/mol. The van der Waals surface area contributed by atoms with Gasteiger partial charge in [0.05, 0.1) is 18.3 Å². The summed E-state index contributed by atoms with van der Waals surface area (Å²) in [6.45, 7) is 1.00. The molecule has 4 aliphatic carbocycles. The van der Waals surface area contributed by atoms with E-state index < -0.39 is 0 Å². The molecule has 0 aromatic carbocycles. The second-order valence-corrected chi connectivity index (χ2v) is 6.79. The van der Waals surface area contributed by atoms with Crippen molar-refractivity contribution in [2.24, 2.45) is 29.1 Å². The number of rotatable bonds is 1. The van der Waals surface area contributed by atoms with Crippen molar-refractivity contribution in [3.63, 3.8) is 0 Å². The zero-order valence-corrected chi connectivity index (χ0v) is 10.4. The van der Waals surface area contributed by atoms with Crippen molar-refractivity contribution >= 4 is 0 Å². The number of hydrogen-bond acceptors (Lipinski definition) is 2. The van der Waals surface area contributed by atoms with Crippen LogP contribution in [0.1, 0.15) is 25.7 Å². The maximum Gasteiger partial charge on any atom is 0.0890 e. The Kier molecular flexibility index (Phi) is 1.49. The summed E-state index contributed by atoms with van der Waals surface area (Å²) in [4.78, 5) is 0. The Hall–Kier alpha value is -0.340. The van der Waals surface area contributed by atoms with E-state index in [-0.39, 0.29) is 5.60 Å². The molecule has 1 saturated heterocycles. The molecule has 2 heteroatoms. The van der Waals surface area contributed by atoms with Crippen LogP contribution < -0.4 is 0 Å². The molecule has 0 aromatic heterocycles. The highest BCUT2D eigenvalue weighted by Gasteiger charge is 2.81. The SMILES string of the molecule is CO[C@]12[C@@H]3C=C[C@H]1C[C@@H]1CC[C@H]4OC[C@@H](C3)[C@@]142. The molecule has 1 heterocycles. The van der Waals surface area contributed by atoms with Crippen molar-refractivity contribution in [1.82, 2.24) is 0 Å². The molecule has 5 aliphatic rings. The van der Waals surface area contributed by atoms with Gasteiger partial charge in [0.15, 0.2) is 0 Å². The average Bonchev–Trinajstić information content (AvgIpc) is 3.01. The number of methoxy groups -OCH3 is 1. The molecular weight excluding hydrogens is 212 g/mol. The fourth-order valence-electron chi connectivity index (χ4n) is 6.82. The molecule has 0 bridgehead atoms. The van der Waals surface area contributed by atoms with E-state index in [2.05, 4.69) is 12.2 Å². The summed E-state index contributed by atoms with van der Waals surface area (Å²) in [5.74, 6) is 3.01. The Balaban J connectivity index is 1.80. The van der Waals surface area contributed by atoms with Gasteiger partial charge in [0, 0.05) is 24.4 Å². The van der Waals surface area contributed by atoms with Crippen LogP contribution in [0.15, 0.2) is 12.2 Å². The quantitative estimate of drug-likeness (QED) is 0.646. The number of hydrogen-bond donors (Lipinski definition) is 0. The minimum absolute atomic E-state index is 0.125. The summed E-state index contributed by atoms with van der Waals surface area (Å²) >= 11 is 0. The molecule has 5 rings (SSSR count). The van der Waals surface area contributed by atoms with E-state index in [0.717, 1.165) is 18.4 Å². The Morgan fingerprint density at radius 2 is 1.88 bits per heavy atom. The molecule has 0 unspecified atom stereocenters. The van der Waals surface area contributed by atoms with Crippen LogP contribution in [0.25, 0.3) is 0 Å². The van der Waals surface area contributed by atoms with E-state index in [0.29, 0.717) is 23.4 Å². The second kappa shape index (κ2) is 2.65. The Morgan fingerprint density at radius 3 is 2.65 bits per heavy atom. The van der Waals surface area contributed by atoms with Crippen LogP contribution in [0.4, 0.5) is 0 Å². The largest absolute Gasteiger partial charge is 0.377 e. The molecule has 92 valence electrons. The summed E-state index contributed by atoms with van der Waals surface area (Å²) in [5.41, 5.74) is 0.514. The highest BCUT2D eigenvalue weighted by molar-refractivity contribution is 5.36. The van der Waals surface area contributed by atoms with E-state index in [1.807, 2.05) is 7.11 Å². The molecule has 0 amide bonds. The lowest BCUT2D eigenvalue weighted by Gasteiger charge is -2.44. The van der Waals surface area contributed by atoms with Gasteiger partial charge in [-0.25, -0.2) is 0 Å². The molecule has 17 heavy (non-hydrogen) atoms. The van der Waals surface area contributed by atoms with Gasteiger partial charge in [0.1, 0.15) is 0 Å². The van der Waals surface area contributed by atoms with Crippen molar-refractivity contribution in [2.45, 2.75) is 37.4 Å². The summed E-state index contributed by atoms with van der Waals surface area (Å²) in [5, 5.41) is 0. The Labute approximate surface area is 102 Å². The first-order valence-electron chi connectivity index (χ1n) is 7.19.